The smallest absolute Gasteiger partial charge is 0.313 e. The highest BCUT2D eigenvalue weighted by atomic mass is 16.7. The van der Waals surface area contributed by atoms with Crippen LogP contribution in [0.5, 0.6) is 0 Å². The number of hydroxylamine groups is 2. The number of carbonyl (C=O) groups is 2. The maximum Gasteiger partial charge on any atom is 0.313 e. The Balaban J connectivity index is 1.40. The van der Waals surface area contributed by atoms with Crippen LogP contribution < -0.4 is 5.32 Å². The van der Waals surface area contributed by atoms with Gasteiger partial charge in [-0.05, 0) is 39.7 Å². The highest BCUT2D eigenvalue weighted by molar-refractivity contribution is 6.02. The zero-order valence-electron chi connectivity index (χ0n) is 16.8. The summed E-state index contributed by atoms with van der Waals surface area (Å²) in [5.41, 5.74) is 0.945. The Morgan fingerprint density at radius 3 is 2.93 bits per heavy atom. The van der Waals surface area contributed by atoms with E-state index in [9.17, 15) is 9.59 Å². The number of amides is 1. The van der Waals surface area contributed by atoms with Gasteiger partial charge in [0, 0.05) is 24.2 Å². The van der Waals surface area contributed by atoms with Crippen molar-refractivity contribution in [2.45, 2.75) is 63.8 Å². The van der Waals surface area contributed by atoms with E-state index in [2.05, 4.69) is 20.6 Å². The highest BCUT2D eigenvalue weighted by Crippen LogP contribution is 2.36. The summed E-state index contributed by atoms with van der Waals surface area (Å²) in [5.74, 6) is 0.188. The zero-order chi connectivity index (χ0) is 20.6. The topological polar surface area (TPSA) is 114 Å². The van der Waals surface area contributed by atoms with Crippen LogP contribution in [0.25, 0.3) is 0 Å². The van der Waals surface area contributed by atoms with Crippen LogP contribution >= 0.6 is 0 Å². The van der Waals surface area contributed by atoms with Gasteiger partial charge in [-0.25, -0.2) is 0 Å². The van der Waals surface area contributed by atoms with Gasteiger partial charge in [0.1, 0.15) is 11.8 Å². The van der Waals surface area contributed by atoms with Crippen LogP contribution in [0.4, 0.5) is 5.82 Å². The molecule has 2 aromatic heterocycles. The molecule has 10 nitrogen and oxygen atoms in total. The number of aromatic amines is 1. The van der Waals surface area contributed by atoms with Gasteiger partial charge in [0.15, 0.2) is 5.82 Å². The molecule has 0 spiro atoms. The lowest BCUT2D eigenvalue weighted by Crippen LogP contribution is -2.48. The predicted molar refractivity (Wildman–Crippen MR) is 103 cm³/mol. The van der Waals surface area contributed by atoms with E-state index < -0.39 is 0 Å². The van der Waals surface area contributed by atoms with E-state index in [0.717, 1.165) is 18.5 Å². The van der Waals surface area contributed by atoms with Gasteiger partial charge in [-0.2, -0.15) is 10.2 Å². The molecule has 2 unspecified atom stereocenters. The summed E-state index contributed by atoms with van der Waals surface area (Å²) in [6, 6.07) is 3.73. The minimum absolute atomic E-state index is 0.0700. The summed E-state index contributed by atoms with van der Waals surface area (Å²) in [4.78, 5) is 28.6. The fraction of sp³-hybridized carbons (Fsp3) is 0.579. The van der Waals surface area contributed by atoms with Crippen molar-refractivity contribution in [2.75, 3.05) is 11.9 Å². The van der Waals surface area contributed by atoms with Gasteiger partial charge in [0.25, 0.3) is 5.91 Å². The van der Waals surface area contributed by atoms with E-state index >= 15 is 0 Å². The van der Waals surface area contributed by atoms with Crippen molar-refractivity contribution in [1.29, 1.82) is 0 Å². The molecule has 2 aliphatic rings. The molecule has 1 aliphatic carbocycles. The summed E-state index contributed by atoms with van der Waals surface area (Å²) < 4.78 is 7.65. The van der Waals surface area contributed by atoms with E-state index in [1.165, 1.54) is 0 Å². The Morgan fingerprint density at radius 2 is 2.24 bits per heavy atom. The SMILES string of the molecule is CC(C)(C)N(OC=O)C1COC(c2cc(NC(=O)c3ccnn3C3CC3)n[nH]2)C1. The van der Waals surface area contributed by atoms with Crippen molar-refractivity contribution in [1.82, 2.24) is 25.0 Å². The van der Waals surface area contributed by atoms with Gasteiger partial charge in [-0.1, -0.05) is 0 Å². The largest absolute Gasteiger partial charge is 0.370 e. The van der Waals surface area contributed by atoms with Crippen LogP contribution in [0, 0.1) is 0 Å². The molecule has 1 aliphatic heterocycles. The quantitative estimate of drug-likeness (QED) is 0.539. The van der Waals surface area contributed by atoms with E-state index in [0.29, 0.717) is 37.1 Å². The molecule has 10 heteroatoms. The van der Waals surface area contributed by atoms with E-state index in [4.69, 9.17) is 9.57 Å². The summed E-state index contributed by atoms with van der Waals surface area (Å²) in [6.07, 6.45) is 4.14. The van der Waals surface area contributed by atoms with E-state index in [-0.39, 0.29) is 23.6 Å². The number of hydrogen-bond donors (Lipinski definition) is 2. The second-order valence-electron chi connectivity index (χ2n) is 8.46. The molecule has 1 amide bonds. The third-order valence-corrected chi connectivity index (χ3v) is 5.11. The molecule has 29 heavy (non-hydrogen) atoms. The summed E-state index contributed by atoms with van der Waals surface area (Å²) in [5, 5.41) is 15.8. The van der Waals surface area contributed by atoms with E-state index in [1.54, 1.807) is 28.1 Å². The van der Waals surface area contributed by atoms with Crippen LogP contribution in [0.15, 0.2) is 18.3 Å². The summed E-state index contributed by atoms with van der Waals surface area (Å²) in [6.45, 7) is 6.78. The molecule has 2 aromatic rings. The van der Waals surface area contributed by atoms with Crippen molar-refractivity contribution < 1.29 is 19.2 Å². The molecule has 0 aromatic carbocycles. The first-order valence-corrected chi connectivity index (χ1v) is 9.78. The highest BCUT2D eigenvalue weighted by Gasteiger charge is 2.38. The molecule has 0 bridgehead atoms. The fourth-order valence-corrected chi connectivity index (χ4v) is 3.68. The van der Waals surface area contributed by atoms with Crippen LogP contribution in [-0.2, 0) is 14.4 Å². The number of ether oxygens (including phenoxy) is 1. The second-order valence-corrected chi connectivity index (χ2v) is 8.46. The van der Waals surface area contributed by atoms with Gasteiger partial charge in [-0.15, -0.1) is 5.06 Å². The van der Waals surface area contributed by atoms with Crippen molar-refractivity contribution >= 4 is 18.2 Å². The molecule has 156 valence electrons. The van der Waals surface area contributed by atoms with Crippen LogP contribution in [0.3, 0.4) is 0 Å². The number of rotatable bonds is 7. The van der Waals surface area contributed by atoms with E-state index in [1.807, 2.05) is 20.8 Å². The fourth-order valence-electron chi connectivity index (χ4n) is 3.68. The Kier molecular flexibility index (Phi) is 5.13. The lowest BCUT2D eigenvalue weighted by molar-refractivity contribution is -0.216. The van der Waals surface area contributed by atoms with Crippen LogP contribution in [0.1, 0.15) is 68.4 Å². The molecule has 2 atom stereocenters. The van der Waals surface area contributed by atoms with Gasteiger partial charge < -0.3 is 14.9 Å². The van der Waals surface area contributed by atoms with Crippen molar-refractivity contribution in [3.63, 3.8) is 0 Å². The Morgan fingerprint density at radius 1 is 1.45 bits per heavy atom. The summed E-state index contributed by atoms with van der Waals surface area (Å²) >= 11 is 0. The number of H-pyrrole nitrogens is 1. The van der Waals surface area contributed by atoms with Gasteiger partial charge in [0.05, 0.1) is 24.4 Å². The van der Waals surface area contributed by atoms with Crippen LogP contribution in [0.2, 0.25) is 0 Å². The monoisotopic (exact) mass is 402 g/mol. The third-order valence-electron chi connectivity index (χ3n) is 5.11. The van der Waals surface area contributed by atoms with Gasteiger partial charge >= 0.3 is 6.47 Å². The van der Waals surface area contributed by atoms with Crippen molar-refractivity contribution in [3.05, 3.63) is 29.7 Å². The first-order valence-electron chi connectivity index (χ1n) is 9.78. The minimum atomic E-state index is -0.346. The number of nitrogens with zero attached hydrogens (tertiary/aromatic N) is 4. The number of aromatic nitrogens is 4. The Bertz CT molecular complexity index is 881. The Hall–Kier alpha value is -2.72. The first kappa shape index (κ1) is 19.6. The van der Waals surface area contributed by atoms with Crippen molar-refractivity contribution in [3.8, 4) is 0 Å². The average molecular weight is 402 g/mol. The molecule has 1 saturated carbocycles. The molecular formula is C19H26N6O4. The Labute approximate surface area is 168 Å². The summed E-state index contributed by atoms with van der Waals surface area (Å²) in [7, 11) is 0. The molecule has 0 radical (unpaired) electrons. The predicted octanol–water partition coefficient (Wildman–Crippen LogP) is 2.21. The normalized spacial score (nSPS) is 22.1. The number of nitrogens with one attached hydrogen (secondary N) is 2. The maximum absolute atomic E-state index is 12.6. The lowest BCUT2D eigenvalue weighted by atomic mass is 10.0. The minimum Gasteiger partial charge on any atom is -0.370 e. The molecule has 2 N–H and O–H groups in total. The second kappa shape index (κ2) is 7.60. The number of anilines is 1. The number of hydrogen-bond acceptors (Lipinski definition) is 7. The van der Waals surface area contributed by atoms with Gasteiger partial charge in [0.2, 0.25) is 0 Å². The molecule has 3 heterocycles. The molecule has 4 rings (SSSR count). The zero-order valence-corrected chi connectivity index (χ0v) is 16.8. The number of carbonyl (C=O) groups excluding carboxylic acids is 2. The maximum atomic E-state index is 12.6. The third kappa shape index (κ3) is 4.18. The molecule has 1 saturated heterocycles. The van der Waals surface area contributed by atoms with Crippen LogP contribution in [-0.4, -0.2) is 55.6 Å². The average Bonchev–Trinajstić information content (AvgIpc) is 3.08. The van der Waals surface area contributed by atoms with Crippen molar-refractivity contribution in [2.24, 2.45) is 0 Å². The first-order chi connectivity index (χ1) is 13.9. The molecule has 2 fully saturated rings. The van der Waals surface area contributed by atoms with Gasteiger partial charge in [-0.3, -0.25) is 19.4 Å². The standard InChI is InChI=1S/C19H26N6O4/c1-19(2,3)25(29-11-26)13-8-16(28-10-13)14-9-17(23-22-14)21-18(27)15-6-7-20-24(15)12-4-5-12/h6-7,9,11-13,16H,4-5,8,10H2,1-3H3,(H2,21,22,23,27). The molecular weight excluding hydrogens is 376 g/mol. The lowest BCUT2D eigenvalue weighted by Gasteiger charge is -2.35.